The molecule has 3 rings (SSSR count). The Hall–Kier alpha value is -3.80. The summed E-state index contributed by atoms with van der Waals surface area (Å²) in [6, 6.07) is 25.3. The number of rotatable bonds is 9. The summed E-state index contributed by atoms with van der Waals surface area (Å²) in [6.45, 7) is 0.543. The lowest BCUT2D eigenvalue weighted by molar-refractivity contribution is -0.137. The third-order valence-corrected chi connectivity index (χ3v) is 4.41. The Balaban J connectivity index is 1.58. The fourth-order valence-corrected chi connectivity index (χ4v) is 2.87. The van der Waals surface area contributed by atoms with Gasteiger partial charge in [0.05, 0.1) is 12.5 Å². The molecule has 6 heteroatoms. The number of nitrogens with one attached hydrogen (secondary N) is 1. The monoisotopic (exact) mass is 405 g/mol. The summed E-state index contributed by atoms with van der Waals surface area (Å²) in [5, 5.41) is 11.8. The highest BCUT2D eigenvalue weighted by Crippen LogP contribution is 2.21. The quantitative estimate of drug-likeness (QED) is 0.539. The number of aliphatic carboxylic acids is 1. The van der Waals surface area contributed by atoms with Crippen molar-refractivity contribution in [3.05, 3.63) is 102 Å². The van der Waals surface area contributed by atoms with E-state index in [4.69, 9.17) is 9.47 Å². The van der Waals surface area contributed by atoms with Crippen LogP contribution in [0, 0.1) is 0 Å². The third-order valence-electron chi connectivity index (χ3n) is 4.41. The average Bonchev–Trinajstić information content (AvgIpc) is 2.77. The number of hydrogen-bond donors (Lipinski definition) is 2. The van der Waals surface area contributed by atoms with Gasteiger partial charge in [-0.15, -0.1) is 0 Å². The molecule has 1 atom stereocenters. The van der Waals surface area contributed by atoms with Crippen LogP contribution in [-0.4, -0.2) is 17.2 Å². The minimum atomic E-state index is -1.02. The topological polar surface area (TPSA) is 84.9 Å². The molecular formula is C24H23NO5. The molecule has 1 unspecified atom stereocenters. The molecule has 0 saturated carbocycles. The maximum Gasteiger partial charge on any atom is 0.407 e. The summed E-state index contributed by atoms with van der Waals surface area (Å²) in [6.07, 6.45) is -0.931. The fourth-order valence-electron chi connectivity index (χ4n) is 2.87. The van der Waals surface area contributed by atoms with Crippen LogP contribution in [-0.2, 0) is 22.7 Å². The summed E-state index contributed by atoms with van der Waals surface area (Å²) < 4.78 is 11.0. The van der Waals surface area contributed by atoms with E-state index in [1.165, 1.54) is 0 Å². The Morgan fingerprint density at radius 1 is 0.800 bits per heavy atom. The normalized spacial score (nSPS) is 11.3. The van der Waals surface area contributed by atoms with Gasteiger partial charge in [0.1, 0.15) is 19.0 Å². The van der Waals surface area contributed by atoms with E-state index >= 15 is 0 Å². The highest BCUT2D eigenvalue weighted by atomic mass is 16.5. The molecule has 6 nitrogen and oxygen atoms in total. The lowest BCUT2D eigenvalue weighted by Crippen LogP contribution is -2.30. The number of benzene rings is 3. The lowest BCUT2D eigenvalue weighted by Gasteiger charge is -2.18. The predicted molar refractivity (Wildman–Crippen MR) is 112 cm³/mol. The molecule has 1 amide bonds. The molecule has 0 aliphatic rings. The predicted octanol–water partition coefficient (Wildman–Crippen LogP) is 4.71. The van der Waals surface area contributed by atoms with Gasteiger partial charge in [-0.1, -0.05) is 72.8 Å². The Morgan fingerprint density at radius 3 is 1.93 bits per heavy atom. The minimum Gasteiger partial charge on any atom is -0.489 e. The lowest BCUT2D eigenvalue weighted by atomic mass is 10.0. The van der Waals surface area contributed by atoms with Crippen LogP contribution in [0.2, 0.25) is 0 Å². The molecule has 0 aliphatic heterocycles. The van der Waals surface area contributed by atoms with Crippen molar-refractivity contribution in [3.63, 3.8) is 0 Å². The first-order valence-electron chi connectivity index (χ1n) is 9.56. The van der Waals surface area contributed by atoms with E-state index in [-0.39, 0.29) is 13.0 Å². The van der Waals surface area contributed by atoms with Crippen molar-refractivity contribution in [3.8, 4) is 5.75 Å². The summed E-state index contributed by atoms with van der Waals surface area (Å²) in [5.41, 5.74) is 2.55. The van der Waals surface area contributed by atoms with Gasteiger partial charge < -0.3 is 19.9 Å². The van der Waals surface area contributed by atoms with E-state index in [9.17, 15) is 14.7 Å². The van der Waals surface area contributed by atoms with Crippen molar-refractivity contribution in [2.75, 3.05) is 0 Å². The van der Waals surface area contributed by atoms with Crippen LogP contribution >= 0.6 is 0 Å². The average molecular weight is 405 g/mol. The van der Waals surface area contributed by atoms with E-state index in [0.29, 0.717) is 17.9 Å². The van der Waals surface area contributed by atoms with Crippen molar-refractivity contribution in [1.29, 1.82) is 0 Å². The molecule has 0 fully saturated rings. The van der Waals surface area contributed by atoms with Crippen LogP contribution in [0.3, 0.4) is 0 Å². The van der Waals surface area contributed by atoms with Crippen LogP contribution in [0.15, 0.2) is 84.9 Å². The number of ether oxygens (including phenoxy) is 2. The van der Waals surface area contributed by atoms with Gasteiger partial charge in [0, 0.05) is 0 Å². The number of carbonyl (C=O) groups is 2. The SMILES string of the molecule is O=C(O)CC(NC(=O)OCc1ccccc1)c1ccc(OCc2ccccc2)cc1. The van der Waals surface area contributed by atoms with Crippen LogP contribution in [0.4, 0.5) is 4.79 Å². The van der Waals surface area contributed by atoms with Crippen LogP contribution in [0.1, 0.15) is 29.2 Å². The number of hydrogen-bond acceptors (Lipinski definition) is 4. The second-order valence-electron chi connectivity index (χ2n) is 6.70. The van der Waals surface area contributed by atoms with Crippen molar-refractivity contribution >= 4 is 12.1 Å². The van der Waals surface area contributed by atoms with E-state index in [0.717, 1.165) is 11.1 Å². The highest BCUT2D eigenvalue weighted by molar-refractivity contribution is 5.72. The number of carbonyl (C=O) groups excluding carboxylic acids is 1. The Morgan fingerprint density at radius 2 is 1.37 bits per heavy atom. The van der Waals surface area contributed by atoms with Crippen molar-refractivity contribution in [2.24, 2.45) is 0 Å². The zero-order valence-electron chi connectivity index (χ0n) is 16.4. The highest BCUT2D eigenvalue weighted by Gasteiger charge is 2.19. The number of amides is 1. The molecule has 0 bridgehead atoms. The molecule has 0 radical (unpaired) electrons. The molecule has 3 aromatic rings. The maximum atomic E-state index is 12.2. The van der Waals surface area contributed by atoms with Gasteiger partial charge >= 0.3 is 12.1 Å². The third kappa shape index (κ3) is 6.67. The molecule has 154 valence electrons. The van der Waals surface area contributed by atoms with Gasteiger partial charge in [-0.3, -0.25) is 4.79 Å². The second kappa shape index (κ2) is 10.7. The van der Waals surface area contributed by atoms with Gasteiger partial charge in [-0.05, 0) is 28.8 Å². The summed E-state index contributed by atoms with van der Waals surface area (Å²) in [4.78, 5) is 23.4. The van der Waals surface area contributed by atoms with E-state index in [1.807, 2.05) is 60.7 Å². The minimum absolute atomic E-state index is 0.110. The van der Waals surface area contributed by atoms with Crippen LogP contribution in [0.5, 0.6) is 5.75 Å². The number of carboxylic acid groups (broad SMARTS) is 1. The van der Waals surface area contributed by atoms with Crippen molar-refractivity contribution in [1.82, 2.24) is 5.32 Å². The van der Waals surface area contributed by atoms with E-state index in [1.54, 1.807) is 24.3 Å². The molecule has 0 aliphatic carbocycles. The molecule has 2 N–H and O–H groups in total. The Kier molecular flexibility index (Phi) is 7.44. The molecule has 30 heavy (non-hydrogen) atoms. The van der Waals surface area contributed by atoms with Crippen molar-refractivity contribution in [2.45, 2.75) is 25.7 Å². The zero-order valence-corrected chi connectivity index (χ0v) is 16.4. The smallest absolute Gasteiger partial charge is 0.407 e. The van der Waals surface area contributed by atoms with Gasteiger partial charge in [-0.2, -0.15) is 0 Å². The summed E-state index contributed by atoms with van der Waals surface area (Å²) in [5.74, 6) is -0.365. The Labute approximate surface area is 175 Å². The first-order valence-corrected chi connectivity index (χ1v) is 9.56. The standard InChI is InChI=1S/C24H23NO5/c26-23(27)15-22(25-24(28)30-17-19-9-5-2-6-10-19)20-11-13-21(14-12-20)29-16-18-7-3-1-4-8-18/h1-14,22H,15-17H2,(H,25,28)(H,26,27). The van der Waals surface area contributed by atoms with Crippen molar-refractivity contribution < 1.29 is 24.2 Å². The van der Waals surface area contributed by atoms with Gasteiger partial charge in [0.15, 0.2) is 0 Å². The molecule has 0 aromatic heterocycles. The summed E-state index contributed by atoms with van der Waals surface area (Å²) in [7, 11) is 0. The summed E-state index contributed by atoms with van der Waals surface area (Å²) >= 11 is 0. The molecule has 3 aromatic carbocycles. The van der Waals surface area contributed by atoms with Gasteiger partial charge in [0.2, 0.25) is 0 Å². The largest absolute Gasteiger partial charge is 0.489 e. The van der Waals surface area contributed by atoms with E-state index in [2.05, 4.69) is 5.32 Å². The Bertz CT molecular complexity index is 942. The van der Waals surface area contributed by atoms with Crippen LogP contribution in [0.25, 0.3) is 0 Å². The van der Waals surface area contributed by atoms with Gasteiger partial charge in [-0.25, -0.2) is 4.79 Å². The fraction of sp³-hybridized carbons (Fsp3) is 0.167. The number of carboxylic acids is 1. The maximum absolute atomic E-state index is 12.2. The number of alkyl carbamates (subject to hydrolysis) is 1. The van der Waals surface area contributed by atoms with Crippen LogP contribution < -0.4 is 10.1 Å². The van der Waals surface area contributed by atoms with Gasteiger partial charge in [0.25, 0.3) is 0 Å². The van der Waals surface area contributed by atoms with E-state index < -0.39 is 18.1 Å². The zero-order chi connectivity index (χ0) is 21.2. The second-order valence-corrected chi connectivity index (χ2v) is 6.70. The molecule has 0 spiro atoms. The molecular weight excluding hydrogens is 382 g/mol. The molecule has 0 heterocycles. The first-order chi connectivity index (χ1) is 14.6. The first kappa shape index (κ1) is 20.9. The molecule has 0 saturated heterocycles.